The lowest BCUT2D eigenvalue weighted by molar-refractivity contribution is 0.447. The van der Waals surface area contributed by atoms with Gasteiger partial charge in [0.2, 0.25) is 5.88 Å². The maximum atomic E-state index is 11.6. The van der Waals surface area contributed by atoms with Gasteiger partial charge in [0.05, 0.1) is 0 Å². The van der Waals surface area contributed by atoms with E-state index in [-0.39, 0.29) is 15.0 Å². The highest BCUT2D eigenvalue weighted by Crippen LogP contribution is 2.32. The minimum Gasteiger partial charge on any atom is -0.492 e. The molecule has 0 atom stereocenters. The Morgan fingerprint density at radius 2 is 2.11 bits per heavy atom. The molecule has 3 aromatic rings. The van der Waals surface area contributed by atoms with E-state index in [4.69, 9.17) is 0 Å². The fourth-order valence-corrected chi connectivity index (χ4v) is 2.94. The highest BCUT2D eigenvalue weighted by Gasteiger charge is 2.12. The van der Waals surface area contributed by atoms with Crippen LogP contribution in [-0.4, -0.2) is 15.1 Å². The van der Waals surface area contributed by atoms with Gasteiger partial charge in [-0.3, -0.25) is 4.79 Å². The molecule has 0 radical (unpaired) electrons. The molecule has 6 heteroatoms. The zero-order chi connectivity index (χ0) is 12.7. The van der Waals surface area contributed by atoms with Crippen LogP contribution in [0.4, 0.5) is 0 Å². The zero-order valence-electron chi connectivity index (χ0n) is 8.98. The monoisotopic (exact) mass is 370 g/mol. The Balaban J connectivity index is 2.30. The average Bonchev–Trinajstić information content (AvgIpc) is 2.79. The summed E-state index contributed by atoms with van der Waals surface area (Å²) in [7, 11) is 0. The van der Waals surface area contributed by atoms with Crippen LogP contribution >= 0.6 is 33.9 Å². The molecule has 2 N–H and O–H groups in total. The van der Waals surface area contributed by atoms with Crippen molar-refractivity contribution in [3.63, 3.8) is 0 Å². The normalized spacial score (nSPS) is 10.9. The van der Waals surface area contributed by atoms with Gasteiger partial charge in [-0.25, -0.2) is 0 Å². The van der Waals surface area contributed by atoms with Crippen molar-refractivity contribution >= 4 is 44.0 Å². The zero-order valence-corrected chi connectivity index (χ0v) is 11.9. The number of aromatic nitrogens is 2. The number of nitrogens with one attached hydrogen (secondary N) is 1. The first-order chi connectivity index (χ1) is 8.66. The van der Waals surface area contributed by atoms with Crippen LogP contribution in [0.5, 0.6) is 5.88 Å². The number of fused-ring (bicyclic) bond motifs is 1. The average molecular weight is 370 g/mol. The van der Waals surface area contributed by atoms with Crippen LogP contribution in [0.3, 0.4) is 0 Å². The lowest BCUT2D eigenvalue weighted by Gasteiger charge is -2.01. The summed E-state index contributed by atoms with van der Waals surface area (Å²) >= 11 is 3.35. The number of rotatable bonds is 1. The third-order valence-corrected chi connectivity index (χ3v) is 4.52. The molecule has 0 saturated carbocycles. The van der Waals surface area contributed by atoms with Gasteiger partial charge in [-0.1, -0.05) is 18.2 Å². The standard InChI is InChI=1S/C12H7IN2O2S/c13-9-11(16)14-10(15-12(9)17)7-5-18-8-4-2-1-3-6(7)8/h1-5H,(H2,14,15,16,17). The van der Waals surface area contributed by atoms with Crippen LogP contribution in [0.1, 0.15) is 0 Å². The fraction of sp³-hybridized carbons (Fsp3) is 0. The minimum atomic E-state index is -0.326. The topological polar surface area (TPSA) is 66.0 Å². The molecule has 4 nitrogen and oxygen atoms in total. The van der Waals surface area contributed by atoms with E-state index in [2.05, 4.69) is 9.97 Å². The number of H-pyrrole nitrogens is 1. The second-order valence-electron chi connectivity index (χ2n) is 3.70. The van der Waals surface area contributed by atoms with E-state index in [0.29, 0.717) is 5.82 Å². The molecule has 0 fully saturated rings. The highest BCUT2D eigenvalue weighted by atomic mass is 127. The molecular weight excluding hydrogens is 363 g/mol. The molecule has 2 aromatic heterocycles. The second-order valence-corrected chi connectivity index (χ2v) is 5.69. The van der Waals surface area contributed by atoms with Crippen LogP contribution in [0.25, 0.3) is 21.5 Å². The molecule has 0 aliphatic heterocycles. The van der Waals surface area contributed by atoms with Crippen molar-refractivity contribution in [2.24, 2.45) is 0 Å². The first kappa shape index (κ1) is 11.7. The Kier molecular flexibility index (Phi) is 2.83. The summed E-state index contributed by atoms with van der Waals surface area (Å²) in [5.41, 5.74) is 0.507. The molecule has 1 aromatic carbocycles. The van der Waals surface area contributed by atoms with Gasteiger partial charge >= 0.3 is 0 Å². The smallest absolute Gasteiger partial charge is 0.268 e. The second kappa shape index (κ2) is 4.36. The number of hydrogen-bond acceptors (Lipinski definition) is 4. The molecule has 0 aliphatic carbocycles. The number of aromatic hydroxyl groups is 1. The third kappa shape index (κ3) is 1.81. The van der Waals surface area contributed by atoms with E-state index >= 15 is 0 Å². The van der Waals surface area contributed by atoms with Crippen molar-refractivity contribution in [2.45, 2.75) is 0 Å². The van der Waals surface area contributed by atoms with Gasteiger partial charge in [-0.05, 0) is 28.7 Å². The van der Waals surface area contributed by atoms with Crippen LogP contribution < -0.4 is 5.56 Å². The lowest BCUT2D eigenvalue weighted by Crippen LogP contribution is -2.12. The largest absolute Gasteiger partial charge is 0.492 e. The third-order valence-electron chi connectivity index (χ3n) is 2.58. The number of hydrogen-bond donors (Lipinski definition) is 2. The van der Waals surface area contributed by atoms with Gasteiger partial charge in [-0.15, -0.1) is 11.3 Å². The van der Waals surface area contributed by atoms with Gasteiger partial charge in [-0.2, -0.15) is 4.98 Å². The first-order valence-corrected chi connectivity index (χ1v) is 7.08. The van der Waals surface area contributed by atoms with Crippen molar-refractivity contribution < 1.29 is 5.11 Å². The minimum absolute atomic E-state index is 0.205. The predicted molar refractivity (Wildman–Crippen MR) is 80.1 cm³/mol. The molecule has 90 valence electrons. The van der Waals surface area contributed by atoms with Gasteiger partial charge in [0.1, 0.15) is 9.39 Å². The Morgan fingerprint density at radius 1 is 1.33 bits per heavy atom. The number of aromatic amines is 1. The Labute approximate surface area is 119 Å². The van der Waals surface area contributed by atoms with E-state index in [1.54, 1.807) is 33.9 Å². The SMILES string of the molecule is O=c1[nH]c(-c2csc3ccccc23)nc(O)c1I. The molecule has 0 amide bonds. The van der Waals surface area contributed by atoms with E-state index in [1.807, 2.05) is 29.6 Å². The summed E-state index contributed by atoms with van der Waals surface area (Å²) < 4.78 is 1.32. The van der Waals surface area contributed by atoms with Gasteiger partial charge in [0.15, 0.2) is 0 Å². The summed E-state index contributed by atoms with van der Waals surface area (Å²) in [6.07, 6.45) is 0. The predicted octanol–water partition coefficient (Wildman–Crippen LogP) is 2.96. The summed E-state index contributed by atoms with van der Waals surface area (Å²) in [6, 6.07) is 7.87. The van der Waals surface area contributed by atoms with Crippen LogP contribution in [0.2, 0.25) is 0 Å². The molecule has 0 spiro atoms. The Morgan fingerprint density at radius 3 is 2.89 bits per heavy atom. The van der Waals surface area contributed by atoms with Crippen LogP contribution in [0, 0.1) is 3.57 Å². The maximum Gasteiger partial charge on any atom is 0.268 e. The lowest BCUT2D eigenvalue weighted by atomic mass is 10.1. The van der Waals surface area contributed by atoms with Crippen molar-refractivity contribution in [1.29, 1.82) is 0 Å². The number of thiophene rings is 1. The summed E-state index contributed by atoms with van der Waals surface area (Å²) in [5.74, 6) is 0.167. The molecule has 0 aliphatic rings. The maximum absolute atomic E-state index is 11.6. The first-order valence-electron chi connectivity index (χ1n) is 5.12. The number of nitrogens with zero attached hydrogens (tertiary/aromatic N) is 1. The molecule has 0 saturated heterocycles. The van der Waals surface area contributed by atoms with Crippen molar-refractivity contribution in [3.05, 3.63) is 43.6 Å². The van der Waals surface area contributed by atoms with Crippen molar-refractivity contribution in [2.75, 3.05) is 0 Å². The fourth-order valence-electron chi connectivity index (χ4n) is 1.74. The van der Waals surface area contributed by atoms with Gasteiger partial charge in [0.25, 0.3) is 5.56 Å². The molecule has 3 rings (SSSR count). The van der Waals surface area contributed by atoms with E-state index in [0.717, 1.165) is 15.6 Å². The molecule has 18 heavy (non-hydrogen) atoms. The quantitative estimate of drug-likeness (QED) is 0.648. The van der Waals surface area contributed by atoms with Gasteiger partial charge < -0.3 is 10.1 Å². The summed E-state index contributed by atoms with van der Waals surface area (Å²) in [5, 5.41) is 12.6. The van der Waals surface area contributed by atoms with Crippen LogP contribution in [0.15, 0.2) is 34.4 Å². The van der Waals surface area contributed by atoms with E-state index in [9.17, 15) is 9.90 Å². The van der Waals surface area contributed by atoms with Crippen LogP contribution in [-0.2, 0) is 0 Å². The van der Waals surface area contributed by atoms with Crippen molar-refractivity contribution in [1.82, 2.24) is 9.97 Å². The molecule has 0 bridgehead atoms. The molecule has 2 heterocycles. The Hall–Kier alpha value is -1.41. The highest BCUT2D eigenvalue weighted by molar-refractivity contribution is 14.1. The number of benzene rings is 1. The van der Waals surface area contributed by atoms with Crippen molar-refractivity contribution in [3.8, 4) is 17.3 Å². The molecule has 0 unspecified atom stereocenters. The van der Waals surface area contributed by atoms with Gasteiger partial charge in [0, 0.05) is 21.0 Å². The van der Waals surface area contributed by atoms with E-state index in [1.165, 1.54) is 0 Å². The molecular formula is C12H7IN2O2S. The summed E-state index contributed by atoms with van der Waals surface area (Å²) in [6.45, 7) is 0. The summed E-state index contributed by atoms with van der Waals surface area (Å²) in [4.78, 5) is 18.3. The van der Waals surface area contributed by atoms with E-state index < -0.39 is 0 Å². The number of halogens is 1. The Bertz CT molecular complexity index is 794.